The van der Waals surface area contributed by atoms with Crippen LogP contribution in [-0.4, -0.2) is 10.9 Å². The molecule has 26 heavy (non-hydrogen) atoms. The molecule has 132 valence electrons. The number of hydrogen-bond acceptors (Lipinski definition) is 4. The highest BCUT2D eigenvalue weighted by atomic mass is 32.1. The van der Waals surface area contributed by atoms with Gasteiger partial charge in [0.15, 0.2) is 5.78 Å². The van der Waals surface area contributed by atoms with E-state index in [1.165, 1.54) is 11.3 Å². The average molecular weight is 375 g/mol. The first kappa shape index (κ1) is 18.1. The summed E-state index contributed by atoms with van der Waals surface area (Å²) in [6.07, 6.45) is -6.01. The van der Waals surface area contributed by atoms with Gasteiger partial charge in [-0.05, 0) is 35.2 Å². The molecule has 3 aromatic rings. The summed E-state index contributed by atoms with van der Waals surface area (Å²) in [7, 11) is 0. The van der Waals surface area contributed by atoms with Crippen molar-refractivity contribution in [3.8, 4) is 6.07 Å². The summed E-state index contributed by atoms with van der Waals surface area (Å²) in [6, 6.07) is 14.5. The van der Waals surface area contributed by atoms with E-state index < -0.39 is 29.5 Å². The van der Waals surface area contributed by atoms with Crippen molar-refractivity contribution in [2.45, 2.75) is 12.3 Å². The number of carbonyl (C=O) groups is 1. The zero-order chi connectivity index (χ0) is 18.9. The second-order valence-electron chi connectivity index (χ2n) is 5.68. The number of aliphatic hydroxyl groups excluding tert-OH is 1. The minimum Gasteiger partial charge on any atom is -0.387 e. The predicted octanol–water partition coefficient (Wildman–Crippen LogP) is 4.98. The summed E-state index contributed by atoms with van der Waals surface area (Å²) in [6.45, 7) is 0. The summed E-state index contributed by atoms with van der Waals surface area (Å²) in [5.41, 5.74) is -0.781. The second-order valence-corrected chi connectivity index (χ2v) is 6.77. The summed E-state index contributed by atoms with van der Waals surface area (Å²) in [5.74, 6) is -1.96. The Kier molecular flexibility index (Phi) is 4.81. The number of ketones is 1. The standard InChI is InChI=1S/C19H12F3NO2S/c20-19(21,22)13-7-5-11(6-8-13)17(24)14(10-23)18(25)16-9-12-3-1-2-4-15(12)26-16/h1-9,14,17,24H. The lowest BCUT2D eigenvalue weighted by Crippen LogP contribution is -2.20. The predicted molar refractivity (Wildman–Crippen MR) is 91.7 cm³/mol. The van der Waals surface area contributed by atoms with E-state index in [1.807, 2.05) is 24.3 Å². The van der Waals surface area contributed by atoms with E-state index in [1.54, 1.807) is 12.1 Å². The van der Waals surface area contributed by atoms with Crippen LogP contribution in [0.25, 0.3) is 10.1 Å². The number of carbonyl (C=O) groups excluding carboxylic acids is 1. The molecule has 0 aliphatic carbocycles. The lowest BCUT2D eigenvalue weighted by molar-refractivity contribution is -0.137. The molecule has 7 heteroatoms. The van der Waals surface area contributed by atoms with Crippen LogP contribution in [0.2, 0.25) is 0 Å². The third kappa shape index (κ3) is 3.47. The number of alkyl halides is 3. The number of rotatable bonds is 4. The molecule has 0 saturated heterocycles. The Hall–Kier alpha value is -2.69. The highest BCUT2D eigenvalue weighted by Gasteiger charge is 2.33. The van der Waals surface area contributed by atoms with Crippen molar-refractivity contribution in [3.63, 3.8) is 0 Å². The van der Waals surface area contributed by atoms with Gasteiger partial charge >= 0.3 is 6.18 Å². The van der Waals surface area contributed by atoms with E-state index in [9.17, 15) is 28.3 Å². The summed E-state index contributed by atoms with van der Waals surface area (Å²) >= 11 is 1.21. The monoisotopic (exact) mass is 375 g/mol. The Balaban J connectivity index is 1.87. The fourth-order valence-corrected chi connectivity index (χ4v) is 3.63. The molecular formula is C19H12F3NO2S. The highest BCUT2D eigenvalue weighted by Crippen LogP contribution is 2.33. The lowest BCUT2D eigenvalue weighted by Gasteiger charge is -2.16. The molecule has 0 saturated carbocycles. The van der Waals surface area contributed by atoms with Gasteiger partial charge < -0.3 is 5.11 Å². The van der Waals surface area contributed by atoms with Gasteiger partial charge in [-0.2, -0.15) is 18.4 Å². The van der Waals surface area contributed by atoms with Crippen LogP contribution < -0.4 is 0 Å². The van der Waals surface area contributed by atoms with Crippen molar-refractivity contribution in [3.05, 3.63) is 70.6 Å². The summed E-state index contributed by atoms with van der Waals surface area (Å²) in [5, 5.41) is 20.6. The number of benzene rings is 2. The van der Waals surface area contributed by atoms with E-state index in [0.29, 0.717) is 4.88 Å². The summed E-state index contributed by atoms with van der Waals surface area (Å²) in [4.78, 5) is 13.0. The van der Waals surface area contributed by atoms with Crippen LogP contribution in [0.5, 0.6) is 0 Å². The van der Waals surface area contributed by atoms with Crippen molar-refractivity contribution in [2.75, 3.05) is 0 Å². The number of nitrogens with zero attached hydrogens (tertiary/aromatic N) is 1. The van der Waals surface area contributed by atoms with Gasteiger partial charge in [0, 0.05) is 4.70 Å². The first-order chi connectivity index (χ1) is 12.3. The first-order valence-electron chi connectivity index (χ1n) is 7.59. The maximum atomic E-state index is 12.6. The van der Waals surface area contributed by atoms with Crippen LogP contribution in [0.15, 0.2) is 54.6 Å². The Morgan fingerprint density at radius 1 is 1.12 bits per heavy atom. The number of Topliss-reactive ketones (excluding diaryl/α,β-unsaturated/α-hetero) is 1. The average Bonchev–Trinajstić information content (AvgIpc) is 3.05. The molecule has 2 unspecified atom stereocenters. The van der Waals surface area contributed by atoms with Crippen molar-refractivity contribution < 1.29 is 23.1 Å². The number of thiophene rings is 1. The minimum absolute atomic E-state index is 0.0824. The molecule has 0 spiro atoms. The topological polar surface area (TPSA) is 61.1 Å². The fraction of sp³-hybridized carbons (Fsp3) is 0.158. The molecule has 3 nitrogen and oxygen atoms in total. The smallest absolute Gasteiger partial charge is 0.387 e. The summed E-state index contributed by atoms with van der Waals surface area (Å²) < 4.78 is 38.8. The van der Waals surface area contributed by atoms with Gasteiger partial charge in [0.2, 0.25) is 0 Å². The number of nitriles is 1. The van der Waals surface area contributed by atoms with Crippen LogP contribution in [0.3, 0.4) is 0 Å². The molecule has 0 aliphatic rings. The Morgan fingerprint density at radius 2 is 1.77 bits per heavy atom. The van der Waals surface area contributed by atoms with Crippen molar-refractivity contribution in [1.29, 1.82) is 5.26 Å². The molecule has 2 aromatic carbocycles. The SMILES string of the molecule is N#CC(C(=O)c1cc2ccccc2s1)C(O)c1ccc(C(F)(F)F)cc1. The van der Waals surface area contributed by atoms with E-state index in [0.717, 1.165) is 34.4 Å². The van der Waals surface area contributed by atoms with E-state index in [4.69, 9.17) is 0 Å². The van der Waals surface area contributed by atoms with Crippen LogP contribution in [0, 0.1) is 17.2 Å². The van der Waals surface area contributed by atoms with Gasteiger partial charge in [0.25, 0.3) is 0 Å². The zero-order valence-electron chi connectivity index (χ0n) is 13.2. The van der Waals surface area contributed by atoms with Gasteiger partial charge in [0.05, 0.1) is 16.5 Å². The van der Waals surface area contributed by atoms with Gasteiger partial charge in [0.1, 0.15) is 12.0 Å². The van der Waals surface area contributed by atoms with E-state index in [2.05, 4.69) is 0 Å². The van der Waals surface area contributed by atoms with Crippen LogP contribution >= 0.6 is 11.3 Å². The number of fused-ring (bicyclic) bond motifs is 1. The quantitative estimate of drug-likeness (QED) is 0.655. The molecule has 0 fully saturated rings. The molecule has 0 radical (unpaired) electrons. The fourth-order valence-electron chi connectivity index (χ4n) is 2.59. The van der Waals surface area contributed by atoms with Crippen molar-refractivity contribution in [1.82, 2.24) is 0 Å². The Bertz CT molecular complexity index is 953. The molecule has 1 N–H and O–H groups in total. The lowest BCUT2D eigenvalue weighted by atomic mass is 9.92. The molecule has 1 heterocycles. The molecule has 2 atom stereocenters. The van der Waals surface area contributed by atoms with E-state index >= 15 is 0 Å². The number of aliphatic hydroxyl groups is 1. The Morgan fingerprint density at radius 3 is 2.35 bits per heavy atom. The van der Waals surface area contributed by atoms with Crippen molar-refractivity contribution in [2.24, 2.45) is 5.92 Å². The largest absolute Gasteiger partial charge is 0.416 e. The van der Waals surface area contributed by atoms with Gasteiger partial charge in [-0.15, -0.1) is 11.3 Å². The van der Waals surface area contributed by atoms with Gasteiger partial charge in [-0.3, -0.25) is 4.79 Å². The normalized spacial score (nSPS) is 14.0. The second kappa shape index (κ2) is 6.90. The zero-order valence-corrected chi connectivity index (χ0v) is 14.0. The first-order valence-corrected chi connectivity index (χ1v) is 8.40. The number of hydrogen-bond donors (Lipinski definition) is 1. The maximum absolute atomic E-state index is 12.6. The molecule has 0 bridgehead atoms. The number of halogens is 3. The van der Waals surface area contributed by atoms with Gasteiger partial charge in [-0.25, -0.2) is 0 Å². The molecule has 3 rings (SSSR count). The van der Waals surface area contributed by atoms with Crippen LogP contribution in [0.4, 0.5) is 13.2 Å². The van der Waals surface area contributed by atoms with E-state index in [-0.39, 0.29) is 5.56 Å². The third-order valence-electron chi connectivity index (χ3n) is 3.99. The van der Waals surface area contributed by atoms with Crippen LogP contribution in [0.1, 0.15) is 26.9 Å². The third-order valence-corrected chi connectivity index (χ3v) is 5.12. The molecule has 0 amide bonds. The van der Waals surface area contributed by atoms with Crippen LogP contribution in [-0.2, 0) is 6.18 Å². The molecular weight excluding hydrogens is 363 g/mol. The Labute approximate surface area is 150 Å². The minimum atomic E-state index is -4.50. The van der Waals surface area contributed by atoms with Crippen molar-refractivity contribution >= 4 is 27.2 Å². The molecule has 1 aromatic heterocycles. The molecule has 0 aliphatic heterocycles. The van der Waals surface area contributed by atoms with Gasteiger partial charge in [-0.1, -0.05) is 30.3 Å². The highest BCUT2D eigenvalue weighted by molar-refractivity contribution is 7.20. The maximum Gasteiger partial charge on any atom is 0.416 e.